The van der Waals surface area contributed by atoms with Crippen LogP contribution in [0.2, 0.25) is 0 Å². The van der Waals surface area contributed by atoms with Gasteiger partial charge >= 0.3 is 0 Å². The first-order valence-corrected chi connectivity index (χ1v) is 8.63. The van der Waals surface area contributed by atoms with E-state index in [9.17, 15) is 4.79 Å². The van der Waals surface area contributed by atoms with Crippen LogP contribution in [0.25, 0.3) is 0 Å². The fourth-order valence-electron chi connectivity index (χ4n) is 2.94. The highest BCUT2D eigenvalue weighted by Crippen LogP contribution is 2.23. The first-order chi connectivity index (χ1) is 11.3. The number of thiophene rings is 1. The molecule has 0 radical (unpaired) electrons. The van der Waals surface area contributed by atoms with E-state index in [2.05, 4.69) is 21.4 Å². The molecule has 1 N–H and O–H groups in total. The molecule has 120 valence electrons. The van der Waals surface area contributed by atoms with Gasteiger partial charge in [-0.3, -0.25) is 14.4 Å². The van der Waals surface area contributed by atoms with E-state index in [-0.39, 0.29) is 5.91 Å². The van der Waals surface area contributed by atoms with Gasteiger partial charge < -0.3 is 5.32 Å². The first kappa shape index (κ1) is 15.7. The molecule has 0 spiro atoms. The van der Waals surface area contributed by atoms with Gasteiger partial charge in [-0.2, -0.15) is 10.4 Å². The van der Waals surface area contributed by atoms with Crippen LogP contribution in [0.1, 0.15) is 24.8 Å². The summed E-state index contributed by atoms with van der Waals surface area (Å²) >= 11 is 1.38. The van der Waals surface area contributed by atoms with Crippen LogP contribution < -0.4 is 5.32 Å². The first-order valence-electron chi connectivity index (χ1n) is 7.75. The number of amides is 1. The van der Waals surface area contributed by atoms with Gasteiger partial charge in [-0.1, -0.05) is 6.42 Å². The smallest absolute Gasteiger partial charge is 0.239 e. The number of aromatic nitrogens is 2. The second-order valence-electron chi connectivity index (χ2n) is 5.67. The summed E-state index contributed by atoms with van der Waals surface area (Å²) in [7, 11) is 0. The van der Waals surface area contributed by atoms with Crippen LogP contribution in [-0.4, -0.2) is 39.7 Å². The Morgan fingerprint density at radius 1 is 1.52 bits per heavy atom. The van der Waals surface area contributed by atoms with Gasteiger partial charge in [0, 0.05) is 18.4 Å². The summed E-state index contributed by atoms with van der Waals surface area (Å²) in [6, 6.07) is 6.06. The third-order valence-electron chi connectivity index (χ3n) is 4.09. The Bertz CT molecular complexity index is 688. The standard InChI is InChI=1S/C16H19N5OS/c17-10-13-5-9-23-16(13)19-15(22)12-20-7-2-1-4-14(20)11-21-8-3-6-18-21/h3,5-6,8-9,14H,1-2,4,7,11-12H2,(H,19,22)/t14-/m1/s1. The van der Waals surface area contributed by atoms with E-state index in [0.29, 0.717) is 23.2 Å². The molecular formula is C16H19N5OS. The van der Waals surface area contributed by atoms with Crippen molar-refractivity contribution in [3.8, 4) is 6.07 Å². The van der Waals surface area contributed by atoms with Crippen LogP contribution in [0.3, 0.4) is 0 Å². The van der Waals surface area contributed by atoms with E-state index in [4.69, 9.17) is 5.26 Å². The zero-order valence-corrected chi connectivity index (χ0v) is 13.6. The van der Waals surface area contributed by atoms with Crippen molar-refractivity contribution in [1.29, 1.82) is 5.26 Å². The number of rotatable bonds is 5. The van der Waals surface area contributed by atoms with E-state index in [0.717, 1.165) is 25.9 Å². The number of hydrogen-bond acceptors (Lipinski definition) is 5. The van der Waals surface area contributed by atoms with E-state index in [1.54, 1.807) is 12.3 Å². The van der Waals surface area contributed by atoms with Crippen LogP contribution in [0.5, 0.6) is 0 Å². The lowest BCUT2D eigenvalue weighted by molar-refractivity contribution is -0.118. The monoisotopic (exact) mass is 329 g/mol. The Morgan fingerprint density at radius 2 is 2.43 bits per heavy atom. The molecule has 0 aromatic carbocycles. The van der Waals surface area contributed by atoms with Gasteiger partial charge in [0.2, 0.25) is 5.91 Å². The normalized spacial score (nSPS) is 18.5. The minimum atomic E-state index is -0.0590. The second-order valence-corrected chi connectivity index (χ2v) is 6.59. The summed E-state index contributed by atoms with van der Waals surface area (Å²) in [4.78, 5) is 14.5. The third kappa shape index (κ3) is 3.97. The number of nitriles is 1. The summed E-state index contributed by atoms with van der Waals surface area (Å²) < 4.78 is 1.92. The average molecular weight is 329 g/mol. The fourth-order valence-corrected chi connectivity index (χ4v) is 3.70. The maximum absolute atomic E-state index is 12.3. The highest BCUT2D eigenvalue weighted by atomic mass is 32.1. The summed E-state index contributed by atoms with van der Waals surface area (Å²) in [5.74, 6) is -0.0590. The van der Waals surface area contributed by atoms with Crippen LogP contribution in [0.4, 0.5) is 5.00 Å². The molecule has 1 amide bonds. The van der Waals surface area contributed by atoms with Gasteiger partial charge in [0.05, 0.1) is 18.7 Å². The molecule has 0 unspecified atom stereocenters. The Balaban J connectivity index is 1.60. The Morgan fingerprint density at radius 3 is 3.22 bits per heavy atom. The number of piperidine rings is 1. The number of nitrogens with one attached hydrogen (secondary N) is 1. The Labute approximate surface area is 139 Å². The average Bonchev–Trinajstić information content (AvgIpc) is 3.20. The molecular weight excluding hydrogens is 310 g/mol. The van der Waals surface area contributed by atoms with Gasteiger partial charge in [0.15, 0.2) is 0 Å². The zero-order valence-electron chi connectivity index (χ0n) is 12.8. The van der Waals surface area contributed by atoms with Crippen molar-refractivity contribution >= 4 is 22.2 Å². The molecule has 6 nitrogen and oxygen atoms in total. The summed E-state index contributed by atoms with van der Waals surface area (Å²) in [6.07, 6.45) is 7.12. The number of hydrogen-bond donors (Lipinski definition) is 1. The number of nitrogens with zero attached hydrogens (tertiary/aromatic N) is 4. The molecule has 3 heterocycles. The minimum absolute atomic E-state index is 0.0590. The fraction of sp³-hybridized carbons (Fsp3) is 0.438. The van der Waals surface area contributed by atoms with Crippen LogP contribution in [0.15, 0.2) is 29.9 Å². The van der Waals surface area contributed by atoms with Crippen LogP contribution >= 0.6 is 11.3 Å². The van der Waals surface area contributed by atoms with Crippen LogP contribution in [-0.2, 0) is 11.3 Å². The maximum atomic E-state index is 12.3. The summed E-state index contributed by atoms with van der Waals surface area (Å²) in [5.41, 5.74) is 0.523. The molecule has 2 aromatic heterocycles. The van der Waals surface area contributed by atoms with Crippen molar-refractivity contribution in [2.24, 2.45) is 0 Å². The summed E-state index contributed by atoms with van der Waals surface area (Å²) in [6.45, 7) is 2.09. The molecule has 1 fully saturated rings. The second kappa shape index (κ2) is 7.40. The minimum Gasteiger partial charge on any atom is -0.315 e. The van der Waals surface area contributed by atoms with Crippen molar-refractivity contribution in [2.75, 3.05) is 18.4 Å². The van der Waals surface area contributed by atoms with Crippen molar-refractivity contribution in [1.82, 2.24) is 14.7 Å². The van der Waals surface area contributed by atoms with Crippen molar-refractivity contribution in [3.05, 3.63) is 35.5 Å². The lowest BCUT2D eigenvalue weighted by Gasteiger charge is -2.35. The predicted molar refractivity (Wildman–Crippen MR) is 89.1 cm³/mol. The van der Waals surface area contributed by atoms with E-state index in [1.807, 2.05) is 22.3 Å². The molecule has 23 heavy (non-hydrogen) atoms. The van der Waals surface area contributed by atoms with Crippen molar-refractivity contribution in [2.45, 2.75) is 31.8 Å². The molecule has 3 rings (SSSR count). The lowest BCUT2D eigenvalue weighted by atomic mass is 10.0. The Hall–Kier alpha value is -2.17. The van der Waals surface area contributed by atoms with Crippen molar-refractivity contribution < 1.29 is 4.79 Å². The number of carbonyl (C=O) groups excluding carboxylic acids is 1. The molecule has 2 aromatic rings. The highest BCUT2D eigenvalue weighted by Gasteiger charge is 2.25. The number of likely N-dealkylation sites (tertiary alicyclic amines) is 1. The molecule has 1 atom stereocenters. The molecule has 7 heteroatoms. The third-order valence-corrected chi connectivity index (χ3v) is 4.92. The molecule has 0 bridgehead atoms. The molecule has 0 aliphatic carbocycles. The molecule has 1 aliphatic rings. The lowest BCUT2D eigenvalue weighted by Crippen LogP contribution is -2.45. The molecule has 1 saturated heterocycles. The van der Waals surface area contributed by atoms with Gasteiger partial charge in [0.25, 0.3) is 0 Å². The largest absolute Gasteiger partial charge is 0.315 e. The van der Waals surface area contributed by atoms with Crippen LogP contribution in [0, 0.1) is 11.3 Å². The quantitative estimate of drug-likeness (QED) is 0.913. The van der Waals surface area contributed by atoms with E-state index < -0.39 is 0 Å². The van der Waals surface area contributed by atoms with Gasteiger partial charge in [-0.05, 0) is 36.9 Å². The SMILES string of the molecule is N#Cc1ccsc1NC(=O)CN1CCCC[C@@H]1Cn1cccn1. The maximum Gasteiger partial charge on any atom is 0.239 e. The van der Waals surface area contributed by atoms with E-state index in [1.165, 1.54) is 17.8 Å². The topological polar surface area (TPSA) is 74.0 Å². The zero-order chi connectivity index (χ0) is 16.1. The van der Waals surface area contributed by atoms with Gasteiger partial charge in [0.1, 0.15) is 11.1 Å². The van der Waals surface area contributed by atoms with E-state index >= 15 is 0 Å². The highest BCUT2D eigenvalue weighted by molar-refractivity contribution is 7.14. The molecule has 0 saturated carbocycles. The summed E-state index contributed by atoms with van der Waals surface area (Å²) in [5, 5.41) is 18.6. The van der Waals surface area contributed by atoms with Gasteiger partial charge in [-0.25, -0.2) is 0 Å². The number of carbonyl (C=O) groups is 1. The predicted octanol–water partition coefficient (Wildman–Crippen LogP) is 2.31. The number of anilines is 1. The van der Waals surface area contributed by atoms with Gasteiger partial charge in [-0.15, -0.1) is 11.3 Å². The van der Waals surface area contributed by atoms with Crippen molar-refractivity contribution in [3.63, 3.8) is 0 Å². The Kier molecular flexibility index (Phi) is 5.05. The molecule has 1 aliphatic heterocycles.